The zero-order valence-corrected chi connectivity index (χ0v) is 15.0. The van der Waals surface area contributed by atoms with Gasteiger partial charge in [0, 0.05) is 24.0 Å². The number of hydrogen-bond acceptors (Lipinski definition) is 7. The Hall–Kier alpha value is -3.14. The molecule has 9 nitrogen and oxygen atoms in total. The van der Waals surface area contributed by atoms with Gasteiger partial charge in [0.25, 0.3) is 0 Å². The van der Waals surface area contributed by atoms with Crippen molar-refractivity contribution >= 4 is 23.6 Å². The number of hydrogen-bond donors (Lipinski definition) is 2. The largest absolute Gasteiger partial charge is 0.459 e. The van der Waals surface area contributed by atoms with E-state index in [4.69, 9.17) is 4.42 Å². The predicted molar refractivity (Wildman–Crippen MR) is 96.6 cm³/mol. The molecule has 3 aromatic heterocycles. The number of carbonyl (C=O) groups excluding carboxylic acids is 2. The quantitative estimate of drug-likeness (QED) is 0.492. The second-order valence-corrected chi connectivity index (χ2v) is 6.85. The molecule has 4 rings (SSSR count). The third-order valence-corrected chi connectivity index (χ3v) is 4.85. The topological polar surface area (TPSA) is 115 Å². The van der Waals surface area contributed by atoms with E-state index in [1.807, 2.05) is 12.1 Å². The Morgan fingerprint density at radius 2 is 2.00 bits per heavy atom. The van der Waals surface area contributed by atoms with E-state index < -0.39 is 5.91 Å². The van der Waals surface area contributed by atoms with Crippen LogP contribution in [0.5, 0.6) is 0 Å². The highest BCUT2D eigenvalue weighted by atomic mass is 32.2. The van der Waals surface area contributed by atoms with Crippen molar-refractivity contribution in [2.75, 3.05) is 5.75 Å². The molecule has 10 heteroatoms. The monoisotopic (exact) mass is 384 g/mol. The Bertz CT molecular complexity index is 937. The summed E-state index contributed by atoms with van der Waals surface area (Å²) in [7, 11) is 0. The molecule has 1 aliphatic carbocycles. The molecule has 1 aliphatic rings. The fourth-order valence-corrected chi connectivity index (χ4v) is 3.30. The zero-order chi connectivity index (χ0) is 18.6. The van der Waals surface area contributed by atoms with Crippen LogP contribution in [0.15, 0.2) is 52.5 Å². The Labute approximate surface area is 158 Å². The van der Waals surface area contributed by atoms with Crippen LogP contribution < -0.4 is 10.9 Å². The number of furan rings is 1. The summed E-state index contributed by atoms with van der Waals surface area (Å²) in [5, 5.41) is 9.20. The van der Waals surface area contributed by atoms with Crippen LogP contribution in [0, 0.1) is 0 Å². The number of hydrazine groups is 1. The average Bonchev–Trinajstić information content (AvgIpc) is 3.21. The zero-order valence-electron chi connectivity index (χ0n) is 14.2. The first-order valence-corrected chi connectivity index (χ1v) is 9.31. The number of rotatable bonds is 6. The van der Waals surface area contributed by atoms with E-state index in [0.717, 1.165) is 24.2 Å². The second kappa shape index (κ2) is 7.62. The maximum absolute atomic E-state index is 12.0. The molecule has 0 aliphatic heterocycles. The van der Waals surface area contributed by atoms with E-state index in [2.05, 4.69) is 30.6 Å². The summed E-state index contributed by atoms with van der Waals surface area (Å²) in [6.45, 7) is 0. The number of pyridine rings is 1. The smallest absolute Gasteiger partial charge is 0.305 e. The fraction of sp³-hybridized carbons (Fsp3) is 0.235. The Kier molecular flexibility index (Phi) is 4.88. The molecule has 2 N–H and O–H groups in total. The molecule has 3 aromatic rings. The standard InChI is InChI=1S/C17H16N6O3S/c24-14(19-21-16(25)13-2-1-9-26-13)10-27-17-22-20-15(23(17)12-3-4-12)11-5-7-18-8-6-11/h1-2,5-9,12H,3-4,10H2,(H,19,24)(H,21,25). The lowest BCUT2D eigenvalue weighted by atomic mass is 10.2. The van der Waals surface area contributed by atoms with Crippen LogP contribution in [0.1, 0.15) is 29.4 Å². The van der Waals surface area contributed by atoms with Crippen molar-refractivity contribution in [3.05, 3.63) is 48.7 Å². The number of aromatic nitrogens is 4. The van der Waals surface area contributed by atoms with Crippen LogP contribution in [0.25, 0.3) is 11.4 Å². The van der Waals surface area contributed by atoms with Crippen LogP contribution in [0.2, 0.25) is 0 Å². The van der Waals surface area contributed by atoms with Crippen LogP contribution >= 0.6 is 11.8 Å². The van der Waals surface area contributed by atoms with E-state index in [1.54, 1.807) is 18.5 Å². The summed E-state index contributed by atoms with van der Waals surface area (Å²) in [6, 6.07) is 7.22. The molecule has 27 heavy (non-hydrogen) atoms. The van der Waals surface area contributed by atoms with Crippen molar-refractivity contribution in [1.29, 1.82) is 0 Å². The minimum Gasteiger partial charge on any atom is -0.459 e. The average molecular weight is 384 g/mol. The van der Waals surface area contributed by atoms with Crippen molar-refractivity contribution in [2.24, 2.45) is 0 Å². The number of carbonyl (C=O) groups is 2. The first-order chi connectivity index (χ1) is 13.2. The summed E-state index contributed by atoms with van der Waals surface area (Å²) >= 11 is 1.28. The molecule has 0 saturated heterocycles. The molecule has 2 amide bonds. The van der Waals surface area contributed by atoms with Crippen molar-refractivity contribution in [3.8, 4) is 11.4 Å². The SMILES string of the molecule is O=C(CSc1nnc(-c2ccncc2)n1C1CC1)NNC(=O)c1ccco1. The molecule has 0 atom stereocenters. The third-order valence-electron chi connectivity index (χ3n) is 3.91. The van der Waals surface area contributed by atoms with Crippen molar-refractivity contribution in [3.63, 3.8) is 0 Å². The summed E-state index contributed by atoms with van der Waals surface area (Å²) in [4.78, 5) is 27.8. The summed E-state index contributed by atoms with van der Waals surface area (Å²) in [6.07, 6.45) is 6.94. The number of thioether (sulfide) groups is 1. The van der Waals surface area contributed by atoms with Gasteiger partial charge >= 0.3 is 5.91 Å². The molecule has 1 saturated carbocycles. The molecule has 0 bridgehead atoms. The van der Waals surface area contributed by atoms with Crippen LogP contribution in [-0.4, -0.2) is 37.3 Å². The molecule has 3 heterocycles. The summed E-state index contributed by atoms with van der Waals surface area (Å²) < 4.78 is 7.02. The highest BCUT2D eigenvalue weighted by Gasteiger charge is 2.30. The van der Waals surface area contributed by atoms with Gasteiger partial charge in [-0.25, -0.2) is 0 Å². The van der Waals surface area contributed by atoms with E-state index in [1.165, 1.54) is 24.1 Å². The van der Waals surface area contributed by atoms with Gasteiger partial charge in [-0.15, -0.1) is 10.2 Å². The molecular formula is C17H16N6O3S. The van der Waals surface area contributed by atoms with Crippen LogP contribution in [0.4, 0.5) is 0 Å². The first-order valence-electron chi connectivity index (χ1n) is 8.33. The number of nitrogens with one attached hydrogen (secondary N) is 2. The van der Waals surface area contributed by atoms with E-state index in [9.17, 15) is 9.59 Å². The molecule has 0 radical (unpaired) electrons. The molecule has 0 aromatic carbocycles. The minimum absolute atomic E-state index is 0.0969. The highest BCUT2D eigenvalue weighted by Crippen LogP contribution is 2.40. The van der Waals surface area contributed by atoms with Crippen molar-refractivity contribution in [1.82, 2.24) is 30.6 Å². The first kappa shape index (κ1) is 17.3. The van der Waals surface area contributed by atoms with Gasteiger partial charge in [-0.1, -0.05) is 11.8 Å². The number of amides is 2. The number of nitrogens with zero attached hydrogens (tertiary/aromatic N) is 4. The minimum atomic E-state index is -0.514. The van der Waals surface area contributed by atoms with Crippen molar-refractivity contribution in [2.45, 2.75) is 24.0 Å². The van der Waals surface area contributed by atoms with Gasteiger partial charge in [0.2, 0.25) is 5.91 Å². The predicted octanol–water partition coefficient (Wildman–Crippen LogP) is 1.82. The van der Waals surface area contributed by atoms with E-state index >= 15 is 0 Å². The molecule has 0 unspecified atom stereocenters. The summed E-state index contributed by atoms with van der Waals surface area (Å²) in [5.74, 6) is 0.127. The Morgan fingerprint density at radius 1 is 1.19 bits per heavy atom. The van der Waals surface area contributed by atoms with Gasteiger partial charge in [0.15, 0.2) is 16.7 Å². The van der Waals surface area contributed by atoms with Crippen molar-refractivity contribution < 1.29 is 14.0 Å². The molecular weight excluding hydrogens is 368 g/mol. The molecule has 1 fully saturated rings. The van der Waals surface area contributed by atoms with Crippen LogP contribution in [-0.2, 0) is 4.79 Å². The maximum Gasteiger partial charge on any atom is 0.305 e. The van der Waals surface area contributed by atoms with Crippen LogP contribution in [0.3, 0.4) is 0 Å². The Morgan fingerprint density at radius 3 is 2.70 bits per heavy atom. The lowest BCUT2D eigenvalue weighted by molar-refractivity contribution is -0.119. The lowest BCUT2D eigenvalue weighted by Crippen LogP contribution is -2.42. The van der Waals surface area contributed by atoms with E-state index in [-0.39, 0.29) is 17.4 Å². The van der Waals surface area contributed by atoms with Gasteiger partial charge in [0.05, 0.1) is 12.0 Å². The van der Waals surface area contributed by atoms with Gasteiger partial charge in [-0.05, 0) is 37.1 Å². The summed E-state index contributed by atoms with van der Waals surface area (Å²) in [5.41, 5.74) is 5.60. The van der Waals surface area contributed by atoms with Gasteiger partial charge in [-0.2, -0.15) is 0 Å². The molecule has 138 valence electrons. The lowest BCUT2D eigenvalue weighted by Gasteiger charge is -2.09. The Balaban J connectivity index is 1.38. The maximum atomic E-state index is 12.0. The third kappa shape index (κ3) is 4.00. The molecule has 0 spiro atoms. The normalized spacial score (nSPS) is 13.3. The van der Waals surface area contributed by atoms with Gasteiger partial charge in [-0.3, -0.25) is 30.0 Å². The van der Waals surface area contributed by atoms with Gasteiger partial charge < -0.3 is 4.42 Å². The van der Waals surface area contributed by atoms with Gasteiger partial charge in [0.1, 0.15) is 0 Å². The highest BCUT2D eigenvalue weighted by molar-refractivity contribution is 7.99. The second-order valence-electron chi connectivity index (χ2n) is 5.91. The van der Waals surface area contributed by atoms with E-state index in [0.29, 0.717) is 11.2 Å². The fourth-order valence-electron chi connectivity index (χ4n) is 2.50.